The molecule has 57 heavy (non-hydrogen) atoms. The van der Waals surface area contributed by atoms with Crippen LogP contribution in [0, 0.1) is 17.1 Å². The zero-order valence-corrected chi connectivity index (χ0v) is 34.7. The average molecular weight is 820 g/mol. The molecule has 0 bridgehead atoms. The predicted molar refractivity (Wildman–Crippen MR) is 213 cm³/mol. The Hall–Kier alpha value is -3.03. The highest BCUT2D eigenvalue weighted by atomic mass is 31.2. The molecule has 0 spiro atoms. The first-order valence-electron chi connectivity index (χ1n) is 20.4. The van der Waals surface area contributed by atoms with Crippen molar-refractivity contribution in [3.8, 4) is 6.07 Å². The fourth-order valence-electron chi connectivity index (χ4n) is 7.01. The number of benzene rings is 1. The first-order valence-corrected chi connectivity index (χ1v) is 21.9. The summed E-state index contributed by atoms with van der Waals surface area (Å²) in [4.78, 5) is 14.7. The van der Waals surface area contributed by atoms with Gasteiger partial charge in [0.15, 0.2) is 5.82 Å². The number of anilines is 1. The molecule has 16 heteroatoms. The van der Waals surface area contributed by atoms with Crippen LogP contribution in [0.2, 0.25) is 0 Å². The van der Waals surface area contributed by atoms with Crippen molar-refractivity contribution in [3.63, 3.8) is 0 Å². The molecule has 3 aromatic rings. The molecule has 1 saturated heterocycles. The van der Waals surface area contributed by atoms with Crippen LogP contribution in [-0.2, 0) is 34.4 Å². The van der Waals surface area contributed by atoms with Gasteiger partial charge >= 0.3 is 7.82 Å². The summed E-state index contributed by atoms with van der Waals surface area (Å²) >= 11 is 0. The van der Waals surface area contributed by atoms with E-state index < -0.39 is 56.4 Å². The number of nitrogens with zero attached hydrogens (tertiary/aromatic N) is 4. The Balaban J connectivity index is 1.23. The number of phosphoric acid groups is 1. The monoisotopic (exact) mass is 819 g/mol. The number of fused-ring (bicyclic) bond motifs is 1. The van der Waals surface area contributed by atoms with Crippen molar-refractivity contribution < 1.29 is 47.3 Å². The summed E-state index contributed by atoms with van der Waals surface area (Å²) in [6.45, 7) is 4.54. The molecule has 0 amide bonds. The molecule has 6 atom stereocenters. The van der Waals surface area contributed by atoms with E-state index in [9.17, 15) is 29.3 Å². The number of phosphoric ester groups is 1. The zero-order chi connectivity index (χ0) is 41.3. The van der Waals surface area contributed by atoms with Crippen molar-refractivity contribution >= 4 is 19.2 Å². The molecule has 0 saturated carbocycles. The summed E-state index contributed by atoms with van der Waals surface area (Å²) in [5, 5.41) is 35.3. The number of aromatic nitrogens is 3. The van der Waals surface area contributed by atoms with Gasteiger partial charge in [-0.05, 0) is 56.2 Å². The maximum absolute atomic E-state index is 14.2. The topological polar surface area (TPSA) is 204 Å². The van der Waals surface area contributed by atoms with Crippen molar-refractivity contribution in [1.82, 2.24) is 14.6 Å². The SMILES string of the molecule is CCCCCCCCCCCCCCCCCOCC(C)(COP(=O)(O)OC[C@@]1(C)O[C@@H](c2ccc3c(N)ncnn23)[C@H](O)[C@@H]1O)OCc1cc(F)cc(C#N)c1. The first-order chi connectivity index (χ1) is 27.3. The van der Waals surface area contributed by atoms with Crippen molar-refractivity contribution in [2.45, 2.75) is 153 Å². The Bertz CT molecular complexity index is 1760. The van der Waals surface area contributed by atoms with Gasteiger partial charge in [-0.25, -0.2) is 18.5 Å². The van der Waals surface area contributed by atoms with Gasteiger partial charge in [0, 0.05) is 6.61 Å². The number of aliphatic hydroxyl groups is 2. The van der Waals surface area contributed by atoms with Crippen LogP contribution in [-0.4, -0.2) is 79.5 Å². The minimum Gasteiger partial charge on any atom is -0.387 e. The summed E-state index contributed by atoms with van der Waals surface area (Å²) in [5.74, 6) is -0.383. The minimum atomic E-state index is -4.80. The van der Waals surface area contributed by atoms with Gasteiger partial charge in [-0.1, -0.05) is 96.8 Å². The second kappa shape index (κ2) is 22.9. The highest BCUT2D eigenvalue weighted by molar-refractivity contribution is 7.47. The Morgan fingerprint density at radius 3 is 2.25 bits per heavy atom. The largest absolute Gasteiger partial charge is 0.472 e. The van der Waals surface area contributed by atoms with Gasteiger partial charge in [0.05, 0.1) is 43.8 Å². The van der Waals surface area contributed by atoms with Crippen molar-refractivity contribution in [3.05, 3.63) is 59.3 Å². The maximum Gasteiger partial charge on any atom is 0.472 e. The molecule has 1 aliphatic rings. The maximum atomic E-state index is 14.2. The highest BCUT2D eigenvalue weighted by Gasteiger charge is 2.53. The molecule has 1 fully saturated rings. The van der Waals surface area contributed by atoms with E-state index in [1.165, 1.54) is 107 Å². The van der Waals surface area contributed by atoms with Crippen LogP contribution in [0.5, 0.6) is 0 Å². The molecule has 1 aliphatic heterocycles. The van der Waals surface area contributed by atoms with Crippen LogP contribution in [0.1, 0.15) is 140 Å². The molecular weight excluding hydrogens is 756 g/mol. The van der Waals surface area contributed by atoms with Crippen molar-refractivity contribution in [2.24, 2.45) is 0 Å². The molecule has 4 rings (SSSR count). The third kappa shape index (κ3) is 14.6. The predicted octanol–water partition coefficient (Wildman–Crippen LogP) is 7.87. The normalized spacial score (nSPS) is 21.8. The van der Waals surface area contributed by atoms with Gasteiger partial charge in [-0.2, -0.15) is 10.4 Å². The van der Waals surface area contributed by atoms with Crippen LogP contribution in [0.4, 0.5) is 10.2 Å². The van der Waals surface area contributed by atoms with Gasteiger partial charge < -0.3 is 35.1 Å². The number of nitriles is 1. The number of rotatable bonds is 28. The standard InChI is InChI=1S/C41H63FN5O9P/c1-4-5-6-7-8-9-10-11-12-13-14-15-16-17-18-21-52-27-40(2,53-26-32-22-31(25-43)23-33(42)24-32)28-54-57(50,51)55-29-41(3)38(49)36(48)37(56-41)34-19-20-35-39(44)45-30-46-47(34)35/h19-20,22-24,30,36-38,48-49H,4-18,21,26-29H2,1-3H3,(H,50,51)(H2,44,45,46)/t36-,37-,38-,40?,41+/m0/s1. The Labute approximate surface area is 336 Å². The van der Waals surface area contributed by atoms with Gasteiger partial charge in [-0.15, -0.1) is 0 Å². The highest BCUT2D eigenvalue weighted by Crippen LogP contribution is 2.48. The molecule has 2 unspecified atom stereocenters. The fourth-order valence-corrected chi connectivity index (χ4v) is 7.94. The van der Waals surface area contributed by atoms with E-state index in [4.69, 9.17) is 29.0 Å². The van der Waals surface area contributed by atoms with Crippen LogP contribution >= 0.6 is 7.82 Å². The Morgan fingerprint density at radius 2 is 1.61 bits per heavy atom. The first kappa shape index (κ1) is 46.7. The number of nitrogens with two attached hydrogens (primary N) is 1. The lowest BCUT2D eigenvalue weighted by Gasteiger charge is -2.31. The summed E-state index contributed by atoms with van der Waals surface area (Å²) in [7, 11) is -4.80. The summed E-state index contributed by atoms with van der Waals surface area (Å²) < 4.78 is 57.6. The van der Waals surface area contributed by atoms with E-state index in [2.05, 4.69) is 17.0 Å². The van der Waals surface area contributed by atoms with Gasteiger partial charge in [0.1, 0.15) is 47.2 Å². The van der Waals surface area contributed by atoms with Crippen LogP contribution in [0.25, 0.3) is 5.52 Å². The average Bonchev–Trinajstić information content (AvgIpc) is 3.72. The number of nitrogen functional groups attached to an aromatic ring is 1. The fraction of sp³-hybridized carbons (Fsp3) is 0.683. The third-order valence-electron chi connectivity index (χ3n) is 10.5. The lowest BCUT2D eigenvalue weighted by Crippen LogP contribution is -2.44. The van der Waals surface area contributed by atoms with E-state index in [0.717, 1.165) is 25.3 Å². The van der Waals surface area contributed by atoms with Gasteiger partial charge in [0.2, 0.25) is 0 Å². The van der Waals surface area contributed by atoms with Gasteiger partial charge in [0.25, 0.3) is 0 Å². The number of aliphatic hydroxyl groups excluding tert-OH is 2. The van der Waals surface area contributed by atoms with E-state index in [1.54, 1.807) is 19.1 Å². The summed E-state index contributed by atoms with van der Waals surface area (Å²) in [5.41, 5.74) is 4.40. The molecule has 318 valence electrons. The number of unbranched alkanes of at least 4 members (excludes halogenated alkanes) is 14. The van der Waals surface area contributed by atoms with Crippen LogP contribution in [0.3, 0.4) is 0 Å². The van der Waals surface area contributed by atoms with Crippen molar-refractivity contribution in [1.29, 1.82) is 5.26 Å². The summed E-state index contributed by atoms with van der Waals surface area (Å²) in [6.07, 6.45) is 15.9. The number of halogens is 1. The lowest BCUT2D eigenvalue weighted by molar-refractivity contribution is -0.123. The number of hydrogen-bond donors (Lipinski definition) is 4. The quantitative estimate of drug-likeness (QED) is 0.0407. The molecule has 0 aliphatic carbocycles. The smallest absolute Gasteiger partial charge is 0.387 e. The zero-order valence-electron chi connectivity index (χ0n) is 33.8. The van der Waals surface area contributed by atoms with E-state index in [0.29, 0.717) is 23.4 Å². The number of hydrogen-bond acceptors (Lipinski definition) is 12. The van der Waals surface area contributed by atoms with E-state index >= 15 is 0 Å². The van der Waals surface area contributed by atoms with E-state index in [-0.39, 0.29) is 24.6 Å². The van der Waals surface area contributed by atoms with E-state index in [1.807, 2.05) is 6.07 Å². The van der Waals surface area contributed by atoms with Gasteiger partial charge in [-0.3, -0.25) is 9.05 Å². The third-order valence-corrected chi connectivity index (χ3v) is 11.4. The van der Waals surface area contributed by atoms with Crippen molar-refractivity contribution in [2.75, 3.05) is 32.2 Å². The summed E-state index contributed by atoms with van der Waals surface area (Å²) in [6, 6.07) is 9.04. The molecule has 0 radical (unpaired) electrons. The molecular formula is C41H63FN5O9P. The molecule has 14 nitrogen and oxygen atoms in total. The second-order valence-electron chi connectivity index (χ2n) is 15.7. The second-order valence-corrected chi connectivity index (χ2v) is 17.2. The molecule has 1 aromatic carbocycles. The number of ether oxygens (including phenoxy) is 3. The lowest BCUT2D eigenvalue weighted by atomic mass is 9.97. The Morgan fingerprint density at radius 1 is 0.982 bits per heavy atom. The van der Waals surface area contributed by atoms with Crippen LogP contribution in [0.15, 0.2) is 36.7 Å². The molecule has 3 heterocycles. The Kier molecular flexibility index (Phi) is 18.8. The molecule has 5 N–H and O–H groups in total. The van der Waals surface area contributed by atoms with Crippen LogP contribution < -0.4 is 5.73 Å². The molecule has 2 aromatic heterocycles. The minimum absolute atomic E-state index is 0.0151.